The number of hydrogen-bond acceptors (Lipinski definition) is 3. The van der Waals surface area contributed by atoms with Gasteiger partial charge in [-0.1, -0.05) is 27.2 Å². The largest absolute Gasteiger partial charge is 0.353 e. The Morgan fingerprint density at radius 1 is 1.10 bits per heavy atom. The maximum Gasteiger partial charge on any atom is 0.243 e. The predicted octanol–water partition coefficient (Wildman–Crippen LogP) is 3.94. The minimum absolute atomic E-state index is 0.00428. The summed E-state index contributed by atoms with van der Waals surface area (Å²) < 4.78 is 53.3. The van der Waals surface area contributed by atoms with Gasteiger partial charge in [-0.3, -0.25) is 4.79 Å². The third kappa shape index (κ3) is 5.02. The summed E-state index contributed by atoms with van der Waals surface area (Å²) >= 11 is 0. The van der Waals surface area contributed by atoms with E-state index in [9.17, 15) is 22.0 Å². The van der Waals surface area contributed by atoms with Gasteiger partial charge < -0.3 is 5.32 Å². The molecule has 1 aliphatic carbocycles. The molecule has 30 heavy (non-hydrogen) atoms. The van der Waals surface area contributed by atoms with Gasteiger partial charge in [0.15, 0.2) is 11.6 Å². The highest BCUT2D eigenvalue weighted by Crippen LogP contribution is 2.34. The van der Waals surface area contributed by atoms with Gasteiger partial charge in [0.25, 0.3) is 0 Å². The van der Waals surface area contributed by atoms with Crippen molar-refractivity contribution in [3.8, 4) is 0 Å². The van der Waals surface area contributed by atoms with E-state index in [1.165, 1.54) is 10.7 Å². The smallest absolute Gasteiger partial charge is 0.243 e. The van der Waals surface area contributed by atoms with E-state index in [4.69, 9.17) is 0 Å². The lowest BCUT2D eigenvalue weighted by molar-refractivity contribution is -0.127. The summed E-state index contributed by atoms with van der Waals surface area (Å²) in [5, 5.41) is 3.25. The van der Waals surface area contributed by atoms with Gasteiger partial charge in [-0.05, 0) is 61.6 Å². The number of halogens is 2. The molecule has 1 aromatic rings. The molecule has 1 heterocycles. The second-order valence-electron chi connectivity index (χ2n) is 9.20. The van der Waals surface area contributed by atoms with E-state index >= 15 is 0 Å². The van der Waals surface area contributed by atoms with Gasteiger partial charge in [-0.25, -0.2) is 17.2 Å². The lowest BCUT2D eigenvalue weighted by Crippen LogP contribution is -2.49. The van der Waals surface area contributed by atoms with Crippen LogP contribution in [-0.4, -0.2) is 37.8 Å². The molecule has 8 heteroatoms. The zero-order valence-corrected chi connectivity index (χ0v) is 18.7. The molecule has 0 radical (unpaired) electrons. The highest BCUT2D eigenvalue weighted by molar-refractivity contribution is 7.89. The standard InChI is InChI=1S/C22H32F2N2O3S/c1-14(2)18-6-4-15(3)12-21(18)25-22(27)16-8-10-26(11-9-16)30(28,29)17-5-7-19(23)20(24)13-17/h5,7,13-16,18,21H,4,6,8-12H2,1-3H3,(H,25,27). The quantitative estimate of drug-likeness (QED) is 0.751. The topological polar surface area (TPSA) is 66.5 Å². The lowest BCUT2D eigenvalue weighted by Gasteiger charge is -2.39. The average Bonchev–Trinajstić information content (AvgIpc) is 2.69. The van der Waals surface area contributed by atoms with Crippen molar-refractivity contribution >= 4 is 15.9 Å². The van der Waals surface area contributed by atoms with Crippen LogP contribution in [0.3, 0.4) is 0 Å². The molecule has 1 saturated carbocycles. The van der Waals surface area contributed by atoms with Crippen LogP contribution >= 0.6 is 0 Å². The van der Waals surface area contributed by atoms with Crippen LogP contribution in [0.25, 0.3) is 0 Å². The molecule has 0 aromatic heterocycles. The summed E-state index contributed by atoms with van der Waals surface area (Å²) in [4.78, 5) is 12.6. The van der Waals surface area contributed by atoms with Crippen molar-refractivity contribution in [2.24, 2.45) is 23.7 Å². The van der Waals surface area contributed by atoms with Crippen molar-refractivity contribution in [2.75, 3.05) is 13.1 Å². The van der Waals surface area contributed by atoms with Crippen LogP contribution in [0.2, 0.25) is 0 Å². The molecular formula is C22H32F2N2O3S. The fraction of sp³-hybridized carbons (Fsp3) is 0.682. The molecule has 3 unspecified atom stereocenters. The van der Waals surface area contributed by atoms with Gasteiger partial charge >= 0.3 is 0 Å². The zero-order chi connectivity index (χ0) is 22.1. The minimum atomic E-state index is -3.91. The number of sulfonamides is 1. The number of benzene rings is 1. The Balaban J connectivity index is 1.60. The van der Waals surface area contributed by atoms with Crippen LogP contribution in [0.4, 0.5) is 8.78 Å². The predicted molar refractivity (Wildman–Crippen MR) is 111 cm³/mol. The second kappa shape index (κ2) is 9.30. The Hall–Kier alpha value is -1.54. The van der Waals surface area contributed by atoms with Crippen molar-refractivity contribution < 1.29 is 22.0 Å². The average molecular weight is 443 g/mol. The van der Waals surface area contributed by atoms with E-state index in [2.05, 4.69) is 26.1 Å². The molecule has 2 fully saturated rings. The van der Waals surface area contributed by atoms with E-state index in [1.807, 2.05) is 0 Å². The molecule has 2 aliphatic rings. The Kier molecular flexibility index (Phi) is 7.17. The van der Waals surface area contributed by atoms with E-state index in [0.717, 1.165) is 25.0 Å². The van der Waals surface area contributed by atoms with Gasteiger partial charge in [0.1, 0.15) is 0 Å². The first-order valence-electron chi connectivity index (χ1n) is 10.8. The summed E-state index contributed by atoms with van der Waals surface area (Å²) in [5.74, 6) is -0.929. The first kappa shape index (κ1) is 23.1. The van der Waals surface area contributed by atoms with E-state index < -0.39 is 21.7 Å². The van der Waals surface area contributed by atoms with Gasteiger partial charge in [0, 0.05) is 25.0 Å². The fourth-order valence-corrected chi connectivity index (χ4v) is 6.30. The molecule has 168 valence electrons. The number of piperidine rings is 1. The Morgan fingerprint density at radius 2 is 1.77 bits per heavy atom. The summed E-state index contributed by atoms with van der Waals surface area (Å²) in [7, 11) is -3.91. The lowest BCUT2D eigenvalue weighted by atomic mass is 9.74. The van der Waals surface area contributed by atoms with Crippen molar-refractivity contribution in [2.45, 2.75) is 63.8 Å². The Labute approximate surface area is 178 Å². The molecule has 3 atom stereocenters. The maximum atomic E-state index is 13.5. The fourth-order valence-electron chi connectivity index (χ4n) is 4.81. The second-order valence-corrected chi connectivity index (χ2v) is 11.1. The normalized spacial score (nSPS) is 26.7. The highest BCUT2D eigenvalue weighted by Gasteiger charge is 2.36. The molecule has 1 N–H and O–H groups in total. The number of hydrogen-bond donors (Lipinski definition) is 1. The van der Waals surface area contributed by atoms with Crippen molar-refractivity contribution in [3.63, 3.8) is 0 Å². The summed E-state index contributed by atoms with van der Waals surface area (Å²) in [5.41, 5.74) is 0. The van der Waals surface area contributed by atoms with Gasteiger partial charge in [0.2, 0.25) is 15.9 Å². The Bertz CT molecular complexity index is 867. The maximum absolute atomic E-state index is 13.5. The van der Waals surface area contributed by atoms with Crippen molar-refractivity contribution in [1.29, 1.82) is 0 Å². The molecule has 1 amide bonds. The van der Waals surface area contributed by atoms with Crippen LogP contribution in [0, 0.1) is 35.3 Å². The molecular weight excluding hydrogens is 410 g/mol. The van der Waals surface area contributed by atoms with Crippen molar-refractivity contribution in [3.05, 3.63) is 29.8 Å². The zero-order valence-electron chi connectivity index (χ0n) is 17.9. The minimum Gasteiger partial charge on any atom is -0.353 e. The molecule has 5 nitrogen and oxygen atoms in total. The number of carbonyl (C=O) groups is 1. The number of carbonyl (C=O) groups excluding carboxylic acids is 1. The monoisotopic (exact) mass is 442 g/mol. The first-order chi connectivity index (χ1) is 14.1. The number of amides is 1. The van der Waals surface area contributed by atoms with Crippen LogP contribution in [-0.2, 0) is 14.8 Å². The molecule has 0 bridgehead atoms. The third-order valence-corrected chi connectivity index (χ3v) is 8.60. The molecule has 1 aromatic carbocycles. The highest BCUT2D eigenvalue weighted by atomic mass is 32.2. The van der Waals surface area contributed by atoms with Gasteiger partial charge in [0.05, 0.1) is 4.90 Å². The van der Waals surface area contributed by atoms with Crippen molar-refractivity contribution in [1.82, 2.24) is 9.62 Å². The van der Waals surface area contributed by atoms with Gasteiger partial charge in [-0.2, -0.15) is 4.31 Å². The summed E-state index contributed by atoms with van der Waals surface area (Å²) in [6.07, 6.45) is 4.13. The van der Waals surface area contributed by atoms with Crippen LogP contribution < -0.4 is 5.32 Å². The van der Waals surface area contributed by atoms with Crippen LogP contribution in [0.15, 0.2) is 23.1 Å². The Morgan fingerprint density at radius 3 is 2.37 bits per heavy atom. The number of nitrogens with one attached hydrogen (secondary N) is 1. The number of nitrogens with zero attached hydrogens (tertiary/aromatic N) is 1. The first-order valence-corrected chi connectivity index (χ1v) is 12.3. The van der Waals surface area contributed by atoms with Gasteiger partial charge in [-0.15, -0.1) is 0 Å². The molecule has 3 rings (SSSR count). The summed E-state index contributed by atoms with van der Waals surface area (Å²) in [6, 6.07) is 2.77. The molecule has 0 spiro atoms. The van der Waals surface area contributed by atoms with Crippen LogP contribution in [0.5, 0.6) is 0 Å². The van der Waals surface area contributed by atoms with E-state index in [0.29, 0.717) is 36.7 Å². The molecule has 1 saturated heterocycles. The van der Waals surface area contributed by atoms with E-state index in [-0.39, 0.29) is 35.9 Å². The number of rotatable bonds is 5. The molecule has 1 aliphatic heterocycles. The van der Waals surface area contributed by atoms with Crippen LogP contribution in [0.1, 0.15) is 52.9 Å². The van der Waals surface area contributed by atoms with E-state index in [1.54, 1.807) is 0 Å². The third-order valence-electron chi connectivity index (χ3n) is 6.70. The summed E-state index contributed by atoms with van der Waals surface area (Å²) in [6.45, 7) is 6.99. The SMILES string of the molecule is CC1CCC(C(C)C)C(NC(=O)C2CCN(S(=O)(=O)c3ccc(F)c(F)c3)CC2)C1.